The standard InChI is InChI=1S/C23H25FN4O4S/c24-19-4-1-5-20(14-19)33(29,30)28-10-7-23(8-11-28)15-17(6-12-31-23)13-21-26-22(27-32-21)18-3-2-9-25-16-18/h1-5,9,14,16-17H,6-8,10-13,15H2. The van der Waals surface area contributed by atoms with Gasteiger partial charge in [0.2, 0.25) is 21.7 Å². The van der Waals surface area contributed by atoms with E-state index in [1.165, 1.54) is 22.5 Å². The average Bonchev–Trinajstić information content (AvgIpc) is 3.28. The Morgan fingerprint density at radius 3 is 2.79 bits per heavy atom. The summed E-state index contributed by atoms with van der Waals surface area (Å²) >= 11 is 0. The summed E-state index contributed by atoms with van der Waals surface area (Å²) in [7, 11) is -3.73. The Hall–Kier alpha value is -2.69. The van der Waals surface area contributed by atoms with Crippen molar-refractivity contribution in [2.45, 2.75) is 42.6 Å². The van der Waals surface area contributed by atoms with E-state index in [-0.39, 0.29) is 10.5 Å². The molecular weight excluding hydrogens is 447 g/mol. The van der Waals surface area contributed by atoms with E-state index >= 15 is 0 Å². The van der Waals surface area contributed by atoms with Crippen molar-refractivity contribution in [3.05, 3.63) is 60.5 Å². The molecule has 4 heterocycles. The van der Waals surface area contributed by atoms with Crippen LogP contribution in [0, 0.1) is 11.7 Å². The molecule has 1 spiro atoms. The molecule has 0 amide bonds. The fourth-order valence-electron chi connectivity index (χ4n) is 4.76. The second kappa shape index (κ2) is 8.92. The average molecular weight is 473 g/mol. The highest BCUT2D eigenvalue weighted by atomic mass is 32.2. The summed E-state index contributed by atoms with van der Waals surface area (Å²) in [5, 5.41) is 4.07. The minimum atomic E-state index is -3.73. The molecule has 1 unspecified atom stereocenters. The van der Waals surface area contributed by atoms with E-state index in [4.69, 9.17) is 9.26 Å². The van der Waals surface area contributed by atoms with Gasteiger partial charge >= 0.3 is 0 Å². The van der Waals surface area contributed by atoms with Crippen LogP contribution in [0.3, 0.4) is 0 Å². The maximum Gasteiger partial charge on any atom is 0.243 e. The summed E-state index contributed by atoms with van der Waals surface area (Å²) in [4.78, 5) is 8.59. The van der Waals surface area contributed by atoms with Crippen molar-refractivity contribution in [3.8, 4) is 11.4 Å². The fraction of sp³-hybridized carbons (Fsp3) is 0.435. The third kappa shape index (κ3) is 4.68. The summed E-state index contributed by atoms with van der Waals surface area (Å²) < 4.78 is 52.5. The number of rotatable bonds is 5. The number of pyridine rings is 1. The van der Waals surface area contributed by atoms with Crippen LogP contribution >= 0.6 is 0 Å². The van der Waals surface area contributed by atoms with Crippen molar-refractivity contribution < 1.29 is 22.1 Å². The molecule has 0 N–H and O–H groups in total. The van der Waals surface area contributed by atoms with Gasteiger partial charge in [-0.1, -0.05) is 11.2 Å². The zero-order chi connectivity index (χ0) is 22.9. The van der Waals surface area contributed by atoms with Gasteiger partial charge in [-0.25, -0.2) is 12.8 Å². The first kappa shape index (κ1) is 22.1. The highest BCUT2D eigenvalue weighted by Crippen LogP contribution is 2.39. The van der Waals surface area contributed by atoms with E-state index < -0.39 is 15.8 Å². The van der Waals surface area contributed by atoms with Gasteiger partial charge in [0.15, 0.2) is 0 Å². The van der Waals surface area contributed by atoms with Gasteiger partial charge in [0.25, 0.3) is 0 Å². The zero-order valence-corrected chi connectivity index (χ0v) is 18.9. The predicted octanol–water partition coefficient (Wildman–Crippen LogP) is 3.46. The van der Waals surface area contributed by atoms with E-state index in [2.05, 4.69) is 15.1 Å². The number of nitrogens with zero attached hydrogens (tertiary/aromatic N) is 4. The van der Waals surface area contributed by atoms with Crippen LogP contribution in [-0.4, -0.2) is 53.1 Å². The molecule has 2 fully saturated rings. The first-order chi connectivity index (χ1) is 15.9. The van der Waals surface area contributed by atoms with E-state index in [0.29, 0.717) is 56.6 Å². The number of aromatic nitrogens is 3. The third-order valence-electron chi connectivity index (χ3n) is 6.51. The number of benzene rings is 1. The molecule has 0 bridgehead atoms. The summed E-state index contributed by atoms with van der Waals surface area (Å²) in [5.41, 5.74) is 0.450. The molecule has 2 aromatic heterocycles. The van der Waals surface area contributed by atoms with Crippen molar-refractivity contribution >= 4 is 10.0 Å². The van der Waals surface area contributed by atoms with Crippen LogP contribution in [0.15, 0.2) is 58.2 Å². The SMILES string of the molecule is O=S(=O)(c1cccc(F)c1)N1CCC2(CC1)CC(Cc1nc(-c3cccnc3)no1)CCO2. The minimum absolute atomic E-state index is 0.0123. The third-order valence-corrected chi connectivity index (χ3v) is 8.41. The molecule has 1 atom stereocenters. The number of hydrogen-bond donors (Lipinski definition) is 0. The number of halogens is 1. The second-order valence-electron chi connectivity index (χ2n) is 8.71. The van der Waals surface area contributed by atoms with Crippen LogP contribution in [-0.2, 0) is 21.2 Å². The van der Waals surface area contributed by atoms with Crippen LogP contribution in [0.2, 0.25) is 0 Å². The van der Waals surface area contributed by atoms with E-state index in [1.54, 1.807) is 12.4 Å². The van der Waals surface area contributed by atoms with Gasteiger partial charge in [-0.05, 0) is 61.9 Å². The van der Waals surface area contributed by atoms with Crippen LogP contribution in [0.25, 0.3) is 11.4 Å². The van der Waals surface area contributed by atoms with Gasteiger partial charge in [-0.15, -0.1) is 0 Å². The number of piperidine rings is 1. The first-order valence-corrected chi connectivity index (χ1v) is 12.5. The smallest absolute Gasteiger partial charge is 0.243 e. The Balaban J connectivity index is 1.22. The van der Waals surface area contributed by atoms with Gasteiger partial charge in [-0.3, -0.25) is 4.98 Å². The highest BCUT2D eigenvalue weighted by Gasteiger charge is 2.43. The molecule has 0 aliphatic carbocycles. The van der Waals surface area contributed by atoms with Crippen LogP contribution in [0.5, 0.6) is 0 Å². The predicted molar refractivity (Wildman–Crippen MR) is 117 cm³/mol. The van der Waals surface area contributed by atoms with Gasteiger partial charge in [0.1, 0.15) is 5.82 Å². The maximum absolute atomic E-state index is 13.5. The molecule has 0 radical (unpaired) electrons. The van der Waals surface area contributed by atoms with E-state index in [0.717, 1.165) is 24.5 Å². The Morgan fingerprint density at radius 2 is 2.03 bits per heavy atom. The van der Waals surface area contributed by atoms with Crippen LogP contribution < -0.4 is 0 Å². The summed E-state index contributed by atoms with van der Waals surface area (Å²) in [6.07, 6.45) is 6.95. The van der Waals surface area contributed by atoms with Gasteiger partial charge < -0.3 is 9.26 Å². The molecule has 3 aromatic rings. The van der Waals surface area contributed by atoms with Gasteiger partial charge in [0, 0.05) is 44.1 Å². The lowest BCUT2D eigenvalue weighted by molar-refractivity contribution is -0.121. The molecule has 0 saturated carbocycles. The molecule has 10 heteroatoms. The van der Waals surface area contributed by atoms with Crippen molar-refractivity contribution in [1.29, 1.82) is 0 Å². The Bertz CT molecular complexity index is 1210. The van der Waals surface area contributed by atoms with Crippen molar-refractivity contribution in [3.63, 3.8) is 0 Å². The summed E-state index contributed by atoms with van der Waals surface area (Å²) in [6, 6.07) is 8.87. The van der Waals surface area contributed by atoms with Crippen LogP contribution in [0.4, 0.5) is 4.39 Å². The molecule has 2 aliphatic rings. The lowest BCUT2D eigenvalue weighted by Gasteiger charge is -2.45. The topological polar surface area (TPSA) is 98.4 Å². The first-order valence-electron chi connectivity index (χ1n) is 11.1. The Morgan fingerprint density at radius 1 is 1.18 bits per heavy atom. The minimum Gasteiger partial charge on any atom is -0.375 e. The van der Waals surface area contributed by atoms with E-state index in [1.807, 2.05) is 12.1 Å². The van der Waals surface area contributed by atoms with Crippen LogP contribution in [0.1, 0.15) is 31.6 Å². The number of hydrogen-bond acceptors (Lipinski definition) is 7. The quantitative estimate of drug-likeness (QED) is 0.561. The summed E-state index contributed by atoms with van der Waals surface area (Å²) in [6.45, 7) is 1.31. The monoisotopic (exact) mass is 472 g/mol. The van der Waals surface area contributed by atoms with Crippen molar-refractivity contribution in [1.82, 2.24) is 19.4 Å². The highest BCUT2D eigenvalue weighted by molar-refractivity contribution is 7.89. The molecule has 174 valence electrons. The molecule has 5 rings (SSSR count). The maximum atomic E-state index is 13.5. The fourth-order valence-corrected chi connectivity index (χ4v) is 6.23. The Kier molecular flexibility index (Phi) is 5.98. The lowest BCUT2D eigenvalue weighted by atomic mass is 9.79. The second-order valence-corrected chi connectivity index (χ2v) is 10.6. The zero-order valence-electron chi connectivity index (χ0n) is 18.1. The normalized spacial score (nSPS) is 21.3. The lowest BCUT2D eigenvalue weighted by Crippen LogP contribution is -2.50. The molecule has 2 saturated heterocycles. The molecule has 8 nitrogen and oxygen atoms in total. The van der Waals surface area contributed by atoms with Crippen molar-refractivity contribution in [2.75, 3.05) is 19.7 Å². The molecule has 2 aliphatic heterocycles. The molecule has 1 aromatic carbocycles. The number of ether oxygens (including phenoxy) is 1. The number of sulfonamides is 1. The van der Waals surface area contributed by atoms with E-state index in [9.17, 15) is 12.8 Å². The largest absolute Gasteiger partial charge is 0.375 e. The summed E-state index contributed by atoms with van der Waals surface area (Å²) in [5.74, 6) is 0.862. The van der Waals surface area contributed by atoms with Gasteiger partial charge in [0.05, 0.1) is 10.5 Å². The molecular formula is C23H25FN4O4S. The van der Waals surface area contributed by atoms with Gasteiger partial charge in [-0.2, -0.15) is 9.29 Å². The van der Waals surface area contributed by atoms with Crippen molar-refractivity contribution in [2.24, 2.45) is 5.92 Å². The molecule has 33 heavy (non-hydrogen) atoms. The Labute approximate surface area is 191 Å².